The van der Waals surface area contributed by atoms with Crippen LogP contribution < -0.4 is 10.1 Å². The van der Waals surface area contributed by atoms with Crippen LogP contribution in [0.5, 0.6) is 5.75 Å². The summed E-state index contributed by atoms with van der Waals surface area (Å²) in [6.45, 7) is 2.59. The predicted molar refractivity (Wildman–Crippen MR) is 98.2 cm³/mol. The minimum absolute atomic E-state index is 0.111. The maximum Gasteiger partial charge on any atom is 0.246 e. The first-order valence-electron chi connectivity index (χ1n) is 8.20. The molecule has 1 atom stereocenters. The van der Waals surface area contributed by atoms with Crippen LogP contribution in [-0.2, 0) is 9.53 Å². The Morgan fingerprint density at radius 1 is 1.16 bits per heavy atom. The summed E-state index contributed by atoms with van der Waals surface area (Å²) >= 11 is 6.37. The van der Waals surface area contributed by atoms with Gasteiger partial charge in [-0.05, 0) is 35.9 Å². The van der Waals surface area contributed by atoms with Gasteiger partial charge < -0.3 is 14.8 Å². The van der Waals surface area contributed by atoms with Gasteiger partial charge in [0.15, 0.2) is 0 Å². The second kappa shape index (κ2) is 8.34. The van der Waals surface area contributed by atoms with E-state index in [9.17, 15) is 4.79 Å². The Morgan fingerprint density at radius 2 is 1.84 bits per heavy atom. The Kier molecular flexibility index (Phi) is 5.91. The van der Waals surface area contributed by atoms with Crippen LogP contribution in [-0.4, -0.2) is 44.2 Å². The Labute approximate surface area is 152 Å². The Balaban J connectivity index is 1.84. The SMILES string of the molecule is COc1ccc(NC(=O)[C@H](c2ccccc2Cl)N2CCOCC2)cc1. The van der Waals surface area contributed by atoms with Crippen LogP contribution in [0.15, 0.2) is 48.5 Å². The topological polar surface area (TPSA) is 50.8 Å². The molecule has 1 amide bonds. The molecule has 0 aromatic heterocycles. The molecule has 0 radical (unpaired) electrons. The summed E-state index contributed by atoms with van der Waals surface area (Å²) in [5.41, 5.74) is 1.52. The van der Waals surface area contributed by atoms with E-state index in [-0.39, 0.29) is 5.91 Å². The van der Waals surface area contributed by atoms with Crippen molar-refractivity contribution in [3.8, 4) is 5.75 Å². The van der Waals surface area contributed by atoms with E-state index in [1.807, 2.05) is 48.5 Å². The number of rotatable bonds is 5. The van der Waals surface area contributed by atoms with Gasteiger partial charge >= 0.3 is 0 Å². The molecule has 0 aliphatic carbocycles. The highest BCUT2D eigenvalue weighted by Gasteiger charge is 2.30. The van der Waals surface area contributed by atoms with Crippen molar-refractivity contribution < 1.29 is 14.3 Å². The van der Waals surface area contributed by atoms with Crippen molar-refractivity contribution in [2.24, 2.45) is 0 Å². The Hall–Kier alpha value is -2.08. The van der Waals surface area contributed by atoms with Gasteiger partial charge in [-0.1, -0.05) is 29.8 Å². The fourth-order valence-corrected chi connectivity index (χ4v) is 3.16. The number of hydrogen-bond acceptors (Lipinski definition) is 4. The van der Waals surface area contributed by atoms with Crippen LogP contribution in [0.25, 0.3) is 0 Å². The molecule has 5 nitrogen and oxygen atoms in total. The lowest BCUT2D eigenvalue weighted by Gasteiger charge is -2.34. The Morgan fingerprint density at radius 3 is 2.48 bits per heavy atom. The Bertz CT molecular complexity index is 715. The zero-order chi connectivity index (χ0) is 17.6. The normalized spacial score (nSPS) is 16.2. The van der Waals surface area contributed by atoms with Crippen molar-refractivity contribution in [2.75, 3.05) is 38.7 Å². The number of nitrogens with zero attached hydrogens (tertiary/aromatic N) is 1. The molecule has 1 fully saturated rings. The molecule has 1 saturated heterocycles. The van der Waals surface area contributed by atoms with Crippen molar-refractivity contribution in [3.05, 3.63) is 59.1 Å². The van der Waals surface area contributed by atoms with E-state index in [0.717, 1.165) is 17.0 Å². The van der Waals surface area contributed by atoms with Gasteiger partial charge in [0.2, 0.25) is 5.91 Å². The highest BCUT2D eigenvalue weighted by Crippen LogP contribution is 2.29. The highest BCUT2D eigenvalue weighted by atomic mass is 35.5. The number of benzene rings is 2. The van der Waals surface area contributed by atoms with Crippen LogP contribution >= 0.6 is 11.6 Å². The smallest absolute Gasteiger partial charge is 0.246 e. The first-order chi connectivity index (χ1) is 12.2. The molecular weight excluding hydrogens is 340 g/mol. The quantitative estimate of drug-likeness (QED) is 0.888. The van der Waals surface area contributed by atoms with Gasteiger partial charge in [0.05, 0.1) is 20.3 Å². The van der Waals surface area contributed by atoms with E-state index in [1.54, 1.807) is 7.11 Å². The zero-order valence-electron chi connectivity index (χ0n) is 14.1. The highest BCUT2D eigenvalue weighted by molar-refractivity contribution is 6.31. The molecule has 2 aromatic rings. The number of amides is 1. The first-order valence-corrected chi connectivity index (χ1v) is 8.58. The van der Waals surface area contributed by atoms with Crippen molar-refractivity contribution in [2.45, 2.75) is 6.04 Å². The van der Waals surface area contributed by atoms with Gasteiger partial charge in [0, 0.05) is 23.8 Å². The first kappa shape index (κ1) is 17.7. The minimum Gasteiger partial charge on any atom is -0.497 e. The van der Waals surface area contributed by atoms with Crippen LogP contribution in [0, 0.1) is 0 Å². The molecule has 1 heterocycles. The molecule has 6 heteroatoms. The van der Waals surface area contributed by atoms with E-state index in [2.05, 4.69) is 10.2 Å². The number of methoxy groups -OCH3 is 1. The van der Waals surface area contributed by atoms with E-state index in [0.29, 0.717) is 31.3 Å². The van der Waals surface area contributed by atoms with Crippen LogP contribution in [0.3, 0.4) is 0 Å². The molecule has 0 spiro atoms. The third-order valence-corrected chi connectivity index (χ3v) is 4.56. The lowest BCUT2D eigenvalue weighted by molar-refractivity contribution is -0.123. The molecule has 1 aliphatic rings. The standard InChI is InChI=1S/C19H21ClN2O3/c1-24-15-8-6-14(7-9-15)21-19(23)18(22-10-12-25-13-11-22)16-4-2-3-5-17(16)20/h2-9,18H,10-13H2,1H3,(H,21,23)/t18-/m0/s1. The number of carbonyl (C=O) groups excluding carboxylic acids is 1. The summed E-state index contributed by atoms with van der Waals surface area (Å²) < 4.78 is 10.6. The van der Waals surface area contributed by atoms with Crippen molar-refractivity contribution in [1.82, 2.24) is 4.90 Å². The summed E-state index contributed by atoms with van der Waals surface area (Å²) in [6.07, 6.45) is 0. The molecule has 0 unspecified atom stereocenters. The lowest BCUT2D eigenvalue weighted by atomic mass is 10.0. The fraction of sp³-hybridized carbons (Fsp3) is 0.316. The molecule has 1 N–H and O–H groups in total. The average Bonchev–Trinajstić information content (AvgIpc) is 2.65. The maximum absolute atomic E-state index is 13.0. The number of anilines is 1. The summed E-state index contributed by atoms with van der Waals surface area (Å²) in [5.74, 6) is 0.633. The van der Waals surface area contributed by atoms with Crippen molar-refractivity contribution in [1.29, 1.82) is 0 Å². The van der Waals surface area contributed by atoms with Gasteiger partial charge in [-0.25, -0.2) is 0 Å². The maximum atomic E-state index is 13.0. The van der Waals surface area contributed by atoms with Gasteiger partial charge in [0.25, 0.3) is 0 Å². The monoisotopic (exact) mass is 360 g/mol. The van der Waals surface area contributed by atoms with Crippen LogP contribution in [0.2, 0.25) is 5.02 Å². The number of morpholine rings is 1. The zero-order valence-corrected chi connectivity index (χ0v) is 14.8. The number of nitrogens with one attached hydrogen (secondary N) is 1. The number of hydrogen-bond donors (Lipinski definition) is 1. The van der Waals surface area contributed by atoms with Gasteiger partial charge in [-0.2, -0.15) is 0 Å². The average molecular weight is 361 g/mol. The molecule has 3 rings (SSSR count). The second-order valence-corrected chi connectivity index (χ2v) is 6.20. The molecular formula is C19H21ClN2O3. The third-order valence-electron chi connectivity index (χ3n) is 4.22. The van der Waals surface area contributed by atoms with Crippen LogP contribution in [0.4, 0.5) is 5.69 Å². The van der Waals surface area contributed by atoms with E-state index in [4.69, 9.17) is 21.1 Å². The van der Waals surface area contributed by atoms with Crippen molar-refractivity contribution >= 4 is 23.2 Å². The number of carbonyl (C=O) groups is 1. The van der Waals surface area contributed by atoms with Crippen LogP contribution in [0.1, 0.15) is 11.6 Å². The molecule has 0 saturated carbocycles. The molecule has 1 aliphatic heterocycles. The molecule has 25 heavy (non-hydrogen) atoms. The fourth-order valence-electron chi connectivity index (χ4n) is 2.92. The minimum atomic E-state index is -0.459. The van der Waals surface area contributed by atoms with Gasteiger partial charge in [0.1, 0.15) is 11.8 Å². The van der Waals surface area contributed by atoms with E-state index >= 15 is 0 Å². The summed E-state index contributed by atoms with van der Waals surface area (Å²) in [5, 5.41) is 3.57. The second-order valence-electron chi connectivity index (χ2n) is 5.79. The molecule has 132 valence electrons. The van der Waals surface area contributed by atoms with E-state index in [1.165, 1.54) is 0 Å². The lowest BCUT2D eigenvalue weighted by Crippen LogP contribution is -2.44. The number of halogens is 1. The number of ether oxygens (including phenoxy) is 2. The summed E-state index contributed by atoms with van der Waals surface area (Å²) in [4.78, 5) is 15.1. The molecule has 2 aromatic carbocycles. The largest absolute Gasteiger partial charge is 0.497 e. The predicted octanol–water partition coefficient (Wildman–Crippen LogP) is 3.36. The summed E-state index contributed by atoms with van der Waals surface area (Å²) in [7, 11) is 1.61. The van der Waals surface area contributed by atoms with Gasteiger partial charge in [-0.15, -0.1) is 0 Å². The summed E-state index contributed by atoms with van der Waals surface area (Å²) in [6, 6.07) is 14.3. The van der Waals surface area contributed by atoms with Gasteiger partial charge in [-0.3, -0.25) is 9.69 Å². The van der Waals surface area contributed by atoms with E-state index < -0.39 is 6.04 Å². The van der Waals surface area contributed by atoms with Crippen molar-refractivity contribution in [3.63, 3.8) is 0 Å². The third kappa shape index (κ3) is 4.31. The molecule has 0 bridgehead atoms.